The van der Waals surface area contributed by atoms with E-state index in [1.165, 1.54) is 0 Å². The normalized spacial score (nSPS) is 22.0. The maximum atomic E-state index is 11.2. The predicted molar refractivity (Wildman–Crippen MR) is 49.1 cm³/mol. The van der Waals surface area contributed by atoms with Gasteiger partial charge < -0.3 is 4.90 Å². The first-order valence-electron chi connectivity index (χ1n) is 4.06. The van der Waals surface area contributed by atoms with Gasteiger partial charge in [-0.3, -0.25) is 4.79 Å². The smallest absolute Gasteiger partial charge is 0.145 e. The Morgan fingerprint density at radius 2 is 2.09 bits per heavy atom. The van der Waals surface area contributed by atoms with Crippen LogP contribution < -0.4 is 0 Å². The summed E-state index contributed by atoms with van der Waals surface area (Å²) in [5.74, 6) is 1.03. The molecule has 0 aromatic heterocycles. The summed E-state index contributed by atoms with van der Waals surface area (Å²) in [4.78, 5) is 13.4. The van der Waals surface area contributed by atoms with Gasteiger partial charge in [-0.2, -0.15) is 12.6 Å². The van der Waals surface area contributed by atoms with Crippen LogP contribution in [0.4, 0.5) is 0 Å². The zero-order chi connectivity index (χ0) is 8.27. The Labute approximate surface area is 73.4 Å². The maximum absolute atomic E-state index is 11.2. The molecule has 0 aliphatic carbocycles. The quantitative estimate of drug-likeness (QED) is 0.624. The lowest BCUT2D eigenvalue weighted by atomic mass is 9.94. The molecule has 0 bridgehead atoms. The van der Waals surface area contributed by atoms with Gasteiger partial charge in [0.1, 0.15) is 5.78 Å². The Hall–Kier alpha value is -0.0200. The van der Waals surface area contributed by atoms with E-state index in [0.29, 0.717) is 17.5 Å². The second-order valence-corrected chi connectivity index (χ2v) is 3.52. The molecule has 0 aromatic rings. The molecular weight excluding hydrogens is 158 g/mol. The van der Waals surface area contributed by atoms with Crippen LogP contribution in [-0.2, 0) is 4.79 Å². The summed E-state index contributed by atoms with van der Waals surface area (Å²) in [6.07, 6.45) is 2.05. The van der Waals surface area contributed by atoms with E-state index in [1.54, 1.807) is 0 Å². The molecule has 0 atom stereocenters. The molecule has 1 rings (SSSR count). The van der Waals surface area contributed by atoms with Crippen molar-refractivity contribution in [1.82, 2.24) is 4.90 Å². The first-order chi connectivity index (χ1) is 5.24. The fourth-order valence-corrected chi connectivity index (χ4v) is 1.72. The lowest BCUT2D eigenvalue weighted by Crippen LogP contribution is -2.33. The van der Waals surface area contributed by atoms with Gasteiger partial charge in [0.25, 0.3) is 0 Å². The molecule has 0 spiro atoms. The summed E-state index contributed by atoms with van der Waals surface area (Å²) in [5, 5.41) is 0. The maximum Gasteiger partial charge on any atom is 0.145 e. The van der Waals surface area contributed by atoms with Gasteiger partial charge in [-0.15, -0.1) is 0 Å². The number of thiol groups is 1. The molecule has 0 radical (unpaired) electrons. The highest BCUT2D eigenvalue weighted by Gasteiger charge is 2.21. The third kappa shape index (κ3) is 2.49. The average Bonchev–Trinajstić information content (AvgIpc) is 2.05. The Bertz CT molecular complexity index is 141. The number of rotatable bonds is 2. The SMILES string of the molecule is CN1CCC(C(=O)CS)CC1. The number of Topliss-reactive ketones (excluding diaryl/α,β-unsaturated/α-hetero) is 1. The van der Waals surface area contributed by atoms with Gasteiger partial charge in [0, 0.05) is 11.7 Å². The van der Waals surface area contributed by atoms with Crippen molar-refractivity contribution < 1.29 is 4.79 Å². The van der Waals surface area contributed by atoms with Crippen LogP contribution in [0.1, 0.15) is 12.8 Å². The van der Waals surface area contributed by atoms with Crippen LogP contribution in [-0.4, -0.2) is 36.6 Å². The van der Waals surface area contributed by atoms with Crippen LogP contribution in [0.15, 0.2) is 0 Å². The second-order valence-electron chi connectivity index (χ2n) is 3.20. The fourth-order valence-electron chi connectivity index (χ4n) is 1.46. The number of piperidine rings is 1. The van der Waals surface area contributed by atoms with E-state index in [-0.39, 0.29) is 0 Å². The van der Waals surface area contributed by atoms with Crippen molar-refractivity contribution in [3.8, 4) is 0 Å². The monoisotopic (exact) mass is 173 g/mol. The average molecular weight is 173 g/mol. The minimum Gasteiger partial charge on any atom is -0.306 e. The van der Waals surface area contributed by atoms with Crippen molar-refractivity contribution in [2.45, 2.75) is 12.8 Å². The van der Waals surface area contributed by atoms with E-state index < -0.39 is 0 Å². The van der Waals surface area contributed by atoms with Gasteiger partial charge in [0.15, 0.2) is 0 Å². The summed E-state index contributed by atoms with van der Waals surface area (Å²) in [7, 11) is 2.10. The van der Waals surface area contributed by atoms with Crippen LogP contribution in [0.3, 0.4) is 0 Å². The number of hydrogen-bond donors (Lipinski definition) is 1. The number of carbonyl (C=O) groups excluding carboxylic acids is 1. The van der Waals surface area contributed by atoms with Gasteiger partial charge >= 0.3 is 0 Å². The van der Waals surface area contributed by atoms with E-state index in [9.17, 15) is 4.79 Å². The van der Waals surface area contributed by atoms with Gasteiger partial charge in [-0.25, -0.2) is 0 Å². The fraction of sp³-hybridized carbons (Fsp3) is 0.875. The molecule has 0 aromatic carbocycles. The van der Waals surface area contributed by atoms with Crippen LogP contribution >= 0.6 is 12.6 Å². The van der Waals surface area contributed by atoms with Crippen LogP contribution in [0, 0.1) is 5.92 Å². The zero-order valence-corrected chi connectivity index (χ0v) is 7.81. The lowest BCUT2D eigenvalue weighted by molar-refractivity contribution is -0.121. The molecule has 0 amide bonds. The summed E-state index contributed by atoms with van der Waals surface area (Å²) < 4.78 is 0. The molecule has 0 unspecified atom stereocenters. The van der Waals surface area contributed by atoms with E-state index in [0.717, 1.165) is 25.9 Å². The second kappa shape index (κ2) is 4.12. The van der Waals surface area contributed by atoms with Crippen molar-refractivity contribution in [2.24, 2.45) is 5.92 Å². The van der Waals surface area contributed by atoms with E-state index >= 15 is 0 Å². The van der Waals surface area contributed by atoms with Crippen molar-refractivity contribution in [1.29, 1.82) is 0 Å². The zero-order valence-electron chi connectivity index (χ0n) is 6.92. The Kier molecular flexibility index (Phi) is 3.40. The lowest BCUT2D eigenvalue weighted by Gasteiger charge is -2.27. The molecule has 64 valence electrons. The molecule has 2 nitrogen and oxygen atoms in total. The van der Waals surface area contributed by atoms with Crippen molar-refractivity contribution in [2.75, 3.05) is 25.9 Å². The molecule has 11 heavy (non-hydrogen) atoms. The minimum atomic E-state index is 0.295. The largest absolute Gasteiger partial charge is 0.306 e. The predicted octanol–water partition coefficient (Wildman–Crippen LogP) is 0.827. The first-order valence-corrected chi connectivity index (χ1v) is 4.69. The van der Waals surface area contributed by atoms with Crippen LogP contribution in [0.25, 0.3) is 0 Å². The van der Waals surface area contributed by atoms with Crippen LogP contribution in [0.2, 0.25) is 0 Å². The Morgan fingerprint density at radius 3 is 2.55 bits per heavy atom. The van der Waals surface area contributed by atoms with Gasteiger partial charge in [-0.05, 0) is 33.0 Å². The minimum absolute atomic E-state index is 0.295. The number of carbonyl (C=O) groups is 1. The molecule has 1 aliphatic rings. The first kappa shape index (κ1) is 9.07. The summed E-state index contributed by atoms with van der Waals surface area (Å²) >= 11 is 3.99. The summed E-state index contributed by atoms with van der Waals surface area (Å²) in [5.41, 5.74) is 0. The highest BCUT2D eigenvalue weighted by Crippen LogP contribution is 2.16. The molecule has 0 N–H and O–H groups in total. The van der Waals surface area contributed by atoms with Crippen molar-refractivity contribution >= 4 is 18.4 Å². The van der Waals surface area contributed by atoms with Crippen molar-refractivity contribution in [3.05, 3.63) is 0 Å². The highest BCUT2D eigenvalue weighted by atomic mass is 32.1. The molecule has 1 fully saturated rings. The third-order valence-corrected chi connectivity index (χ3v) is 2.64. The highest BCUT2D eigenvalue weighted by molar-refractivity contribution is 7.81. The third-order valence-electron chi connectivity index (χ3n) is 2.33. The topological polar surface area (TPSA) is 20.3 Å². The number of hydrogen-bond acceptors (Lipinski definition) is 3. The summed E-state index contributed by atoms with van der Waals surface area (Å²) in [6, 6.07) is 0. The summed E-state index contributed by atoms with van der Waals surface area (Å²) in [6.45, 7) is 2.12. The Morgan fingerprint density at radius 1 is 1.55 bits per heavy atom. The number of nitrogens with zero attached hydrogens (tertiary/aromatic N) is 1. The molecule has 3 heteroatoms. The van der Waals surface area contributed by atoms with Gasteiger partial charge in [0.2, 0.25) is 0 Å². The van der Waals surface area contributed by atoms with Crippen LogP contribution in [0.5, 0.6) is 0 Å². The van der Waals surface area contributed by atoms with Crippen molar-refractivity contribution in [3.63, 3.8) is 0 Å². The molecule has 0 saturated carbocycles. The van der Waals surface area contributed by atoms with E-state index in [2.05, 4.69) is 24.6 Å². The molecule has 1 heterocycles. The molecule has 1 aliphatic heterocycles. The van der Waals surface area contributed by atoms with Gasteiger partial charge in [0.05, 0.1) is 0 Å². The van der Waals surface area contributed by atoms with Gasteiger partial charge in [-0.1, -0.05) is 0 Å². The molecular formula is C8H15NOS. The molecule has 1 saturated heterocycles. The Balaban J connectivity index is 2.33. The van der Waals surface area contributed by atoms with E-state index in [1.807, 2.05) is 0 Å². The standard InChI is InChI=1S/C8H15NOS/c1-9-4-2-7(3-5-9)8(10)6-11/h7,11H,2-6H2,1H3. The number of likely N-dealkylation sites (tertiary alicyclic amines) is 1. The number of ketones is 1. The van der Waals surface area contributed by atoms with E-state index in [4.69, 9.17) is 0 Å².